The lowest BCUT2D eigenvalue weighted by Crippen LogP contribution is -1.94. The number of hydrogen-bond acceptors (Lipinski definition) is 0. The minimum atomic E-state index is -0.959. The van der Waals surface area contributed by atoms with E-state index in [0.717, 1.165) is 31.4 Å². The molecule has 0 radical (unpaired) electrons. The molecule has 4 aromatic carbocycles. The van der Waals surface area contributed by atoms with Gasteiger partial charge < -0.3 is 0 Å². The summed E-state index contributed by atoms with van der Waals surface area (Å²) in [4.78, 5) is 0. The summed E-state index contributed by atoms with van der Waals surface area (Å²) < 4.78 is 56.6. The quantitative estimate of drug-likeness (QED) is 0.182. The Balaban J connectivity index is 1.84. The third-order valence-corrected chi connectivity index (χ3v) is 5.40. The van der Waals surface area contributed by atoms with Crippen LogP contribution >= 0.6 is 0 Å². The van der Waals surface area contributed by atoms with Gasteiger partial charge in [-0.15, -0.1) is 0 Å². The summed E-state index contributed by atoms with van der Waals surface area (Å²) in [6.07, 6.45) is 3.60. The van der Waals surface area contributed by atoms with E-state index in [0.29, 0.717) is 39.3 Å². The second-order valence-corrected chi connectivity index (χ2v) is 7.34. The molecular formula is C25H20F4. The molecule has 0 aliphatic carbocycles. The van der Waals surface area contributed by atoms with Crippen molar-refractivity contribution in [2.75, 3.05) is 0 Å². The minimum Gasteiger partial charge on any atom is -0.206 e. The van der Waals surface area contributed by atoms with E-state index in [1.165, 1.54) is 12.1 Å². The number of hydrogen-bond donors (Lipinski definition) is 0. The number of unbranched alkanes of at least 4 members (excludes halogenated alkanes) is 2. The molecule has 0 aromatic heterocycles. The van der Waals surface area contributed by atoms with Crippen molar-refractivity contribution < 1.29 is 17.6 Å². The maximum absolute atomic E-state index is 15.0. The Morgan fingerprint density at radius 2 is 1.28 bits per heavy atom. The Morgan fingerprint density at radius 1 is 0.586 bits per heavy atom. The maximum Gasteiger partial charge on any atom is 0.159 e. The van der Waals surface area contributed by atoms with Crippen molar-refractivity contribution in [1.82, 2.24) is 0 Å². The highest BCUT2D eigenvalue weighted by Crippen LogP contribution is 2.34. The van der Waals surface area contributed by atoms with Gasteiger partial charge in [-0.05, 0) is 64.6 Å². The summed E-state index contributed by atoms with van der Waals surface area (Å²) in [7, 11) is 0. The van der Waals surface area contributed by atoms with Gasteiger partial charge in [0, 0.05) is 10.8 Å². The van der Waals surface area contributed by atoms with Gasteiger partial charge in [-0.3, -0.25) is 0 Å². The van der Waals surface area contributed by atoms with Crippen molar-refractivity contribution in [2.24, 2.45) is 0 Å². The molecule has 0 unspecified atom stereocenters. The first kappa shape index (κ1) is 19.4. The van der Waals surface area contributed by atoms with Crippen molar-refractivity contribution in [2.45, 2.75) is 32.6 Å². The summed E-state index contributed by atoms with van der Waals surface area (Å²) in [5.41, 5.74) is 1.61. The lowest BCUT2D eigenvalue weighted by molar-refractivity contribution is 0.509. The standard InChI is InChI=1S/C25H20F4/c1-2-3-4-5-15-6-9-19-18-10-7-16(17-8-11-22(26)24(28)13-17)12-20(18)23(27)14-21(19)25(15)29/h6-14H,2-5H2,1H3. The number of halogens is 4. The molecule has 0 saturated heterocycles. The first-order valence-electron chi connectivity index (χ1n) is 9.78. The van der Waals surface area contributed by atoms with Crippen LogP contribution in [0.25, 0.3) is 32.7 Å². The van der Waals surface area contributed by atoms with E-state index in [9.17, 15) is 17.6 Å². The van der Waals surface area contributed by atoms with Gasteiger partial charge in [0.2, 0.25) is 0 Å². The summed E-state index contributed by atoms with van der Waals surface area (Å²) in [5, 5.41) is 1.81. The monoisotopic (exact) mass is 396 g/mol. The molecule has 4 aromatic rings. The average Bonchev–Trinajstić information content (AvgIpc) is 2.72. The first-order valence-corrected chi connectivity index (χ1v) is 9.78. The van der Waals surface area contributed by atoms with Crippen LogP contribution in [0.3, 0.4) is 0 Å². The van der Waals surface area contributed by atoms with E-state index in [-0.39, 0.29) is 11.2 Å². The van der Waals surface area contributed by atoms with E-state index in [2.05, 4.69) is 6.92 Å². The van der Waals surface area contributed by atoms with Crippen LogP contribution in [-0.4, -0.2) is 0 Å². The summed E-state index contributed by atoms with van der Waals surface area (Å²) in [6.45, 7) is 2.09. The van der Waals surface area contributed by atoms with Gasteiger partial charge in [0.15, 0.2) is 11.6 Å². The predicted molar refractivity (Wildman–Crippen MR) is 110 cm³/mol. The zero-order chi connectivity index (χ0) is 20.5. The Kier molecular flexibility index (Phi) is 5.27. The van der Waals surface area contributed by atoms with Crippen LogP contribution in [0.4, 0.5) is 17.6 Å². The highest BCUT2D eigenvalue weighted by atomic mass is 19.2. The fourth-order valence-electron chi connectivity index (χ4n) is 3.81. The molecule has 0 N–H and O–H groups in total. The molecule has 148 valence electrons. The van der Waals surface area contributed by atoms with Crippen LogP contribution in [0.1, 0.15) is 31.7 Å². The van der Waals surface area contributed by atoms with Crippen molar-refractivity contribution in [3.63, 3.8) is 0 Å². The van der Waals surface area contributed by atoms with Gasteiger partial charge in [-0.2, -0.15) is 0 Å². The zero-order valence-corrected chi connectivity index (χ0v) is 16.0. The number of rotatable bonds is 5. The lowest BCUT2D eigenvalue weighted by atomic mass is 9.94. The summed E-state index contributed by atoms with van der Waals surface area (Å²) in [5.74, 6) is -2.80. The highest BCUT2D eigenvalue weighted by molar-refractivity contribution is 6.09. The summed E-state index contributed by atoms with van der Waals surface area (Å²) >= 11 is 0. The van der Waals surface area contributed by atoms with Crippen LogP contribution in [0.5, 0.6) is 0 Å². The van der Waals surface area contributed by atoms with Gasteiger partial charge in [0.1, 0.15) is 11.6 Å². The molecule has 0 saturated carbocycles. The fourth-order valence-corrected chi connectivity index (χ4v) is 3.81. The second-order valence-electron chi connectivity index (χ2n) is 7.34. The largest absolute Gasteiger partial charge is 0.206 e. The average molecular weight is 396 g/mol. The number of fused-ring (bicyclic) bond motifs is 3. The zero-order valence-electron chi connectivity index (χ0n) is 16.0. The van der Waals surface area contributed by atoms with E-state index in [4.69, 9.17) is 0 Å². The molecule has 4 heteroatoms. The predicted octanol–water partition coefficient (Wildman–Crippen LogP) is 7.95. The Labute approximate surface area is 166 Å². The van der Waals surface area contributed by atoms with Crippen LogP contribution in [0.2, 0.25) is 0 Å². The third-order valence-electron chi connectivity index (χ3n) is 5.40. The number of benzene rings is 4. The van der Waals surface area contributed by atoms with Gasteiger partial charge in [0.25, 0.3) is 0 Å². The maximum atomic E-state index is 15.0. The van der Waals surface area contributed by atoms with Gasteiger partial charge in [-0.1, -0.05) is 50.1 Å². The minimum absolute atomic E-state index is 0.268. The van der Waals surface area contributed by atoms with E-state index < -0.39 is 17.5 Å². The molecule has 0 spiro atoms. The molecule has 4 rings (SSSR count). The second kappa shape index (κ2) is 7.86. The molecule has 0 nitrogen and oxygen atoms in total. The SMILES string of the molecule is CCCCCc1ccc2c(cc(F)c3cc(-c4ccc(F)c(F)c4)ccc32)c1F. The molecule has 0 fully saturated rings. The molecule has 29 heavy (non-hydrogen) atoms. The topological polar surface area (TPSA) is 0 Å². The fraction of sp³-hybridized carbons (Fsp3) is 0.200. The molecule has 0 heterocycles. The van der Waals surface area contributed by atoms with Crippen molar-refractivity contribution in [1.29, 1.82) is 0 Å². The van der Waals surface area contributed by atoms with Gasteiger partial charge >= 0.3 is 0 Å². The molecule has 0 aliphatic rings. The highest BCUT2D eigenvalue weighted by Gasteiger charge is 2.14. The van der Waals surface area contributed by atoms with Crippen molar-refractivity contribution in [3.05, 3.63) is 83.4 Å². The molecular weight excluding hydrogens is 376 g/mol. The van der Waals surface area contributed by atoms with E-state index >= 15 is 0 Å². The normalized spacial score (nSPS) is 11.5. The number of aryl methyl sites for hydroxylation is 1. The van der Waals surface area contributed by atoms with Crippen molar-refractivity contribution in [3.8, 4) is 11.1 Å². The van der Waals surface area contributed by atoms with E-state index in [1.807, 2.05) is 6.07 Å². The Bertz CT molecular complexity index is 1210. The van der Waals surface area contributed by atoms with Crippen LogP contribution in [0.15, 0.2) is 54.6 Å². The molecule has 0 aliphatic heterocycles. The van der Waals surface area contributed by atoms with Gasteiger partial charge in [0.05, 0.1) is 0 Å². The molecule has 0 amide bonds. The Morgan fingerprint density at radius 3 is 2.03 bits per heavy atom. The Hall–Kier alpha value is -2.88. The van der Waals surface area contributed by atoms with Crippen LogP contribution in [0, 0.1) is 23.3 Å². The lowest BCUT2D eigenvalue weighted by Gasteiger charge is -2.11. The third kappa shape index (κ3) is 3.59. The molecule has 0 atom stereocenters. The van der Waals surface area contributed by atoms with Gasteiger partial charge in [-0.25, -0.2) is 17.6 Å². The van der Waals surface area contributed by atoms with Crippen LogP contribution in [-0.2, 0) is 6.42 Å². The smallest absolute Gasteiger partial charge is 0.159 e. The van der Waals surface area contributed by atoms with Crippen LogP contribution < -0.4 is 0 Å². The molecule has 0 bridgehead atoms. The summed E-state index contributed by atoms with van der Waals surface area (Å²) in [6, 6.07) is 13.4. The first-order chi connectivity index (χ1) is 14.0. The van der Waals surface area contributed by atoms with Crippen molar-refractivity contribution >= 4 is 21.5 Å². The van der Waals surface area contributed by atoms with E-state index in [1.54, 1.807) is 24.3 Å².